The van der Waals surface area contributed by atoms with Crippen molar-refractivity contribution in [2.75, 3.05) is 0 Å². The molecule has 0 aromatic rings. The third-order valence-electron chi connectivity index (χ3n) is 1.53. The number of nitrogens with zero attached hydrogens (tertiary/aromatic N) is 2. The molecule has 0 aromatic carbocycles. The van der Waals surface area contributed by atoms with E-state index >= 15 is 0 Å². The van der Waals surface area contributed by atoms with Gasteiger partial charge in [-0.15, -0.1) is 0 Å². The molecule has 4 nitrogen and oxygen atoms in total. The van der Waals surface area contributed by atoms with Crippen molar-refractivity contribution in [3.05, 3.63) is 0 Å². The van der Waals surface area contributed by atoms with Crippen molar-refractivity contribution in [3.8, 4) is 0 Å². The second-order valence-electron chi connectivity index (χ2n) is 2.58. The molecule has 0 aliphatic rings. The first-order valence-electron chi connectivity index (χ1n) is 4.05. The van der Waals surface area contributed by atoms with Crippen LogP contribution < -0.4 is 0 Å². The van der Waals surface area contributed by atoms with Gasteiger partial charge < -0.3 is 0 Å². The Hall–Kier alpha value is -0.950. The van der Waals surface area contributed by atoms with Gasteiger partial charge in [-0.05, 0) is 6.42 Å². The highest BCUT2D eigenvalue weighted by Gasteiger charge is 2.24. The van der Waals surface area contributed by atoms with Crippen LogP contribution >= 0.6 is 11.6 Å². The number of hydrogen-bond acceptors (Lipinski definition) is 4. The Kier molecular flexibility index (Phi) is 6.07. The number of carbonyl (C=O) groups excluding carboxylic acids is 2. The number of alkyl halides is 1. The van der Waals surface area contributed by atoms with Crippen molar-refractivity contribution in [2.24, 2.45) is 9.98 Å². The fraction of sp³-hybridized carbons (Fsp3) is 0.750. The van der Waals surface area contributed by atoms with E-state index in [4.69, 9.17) is 11.6 Å². The monoisotopic (exact) mass is 202 g/mol. The quantitative estimate of drug-likeness (QED) is 0.218. The van der Waals surface area contributed by atoms with E-state index in [1.807, 2.05) is 6.92 Å². The van der Waals surface area contributed by atoms with Gasteiger partial charge in [0, 0.05) is 6.42 Å². The predicted octanol–water partition coefficient (Wildman–Crippen LogP) is 2.13. The average Bonchev–Trinajstić information content (AvgIpc) is 2.05. The third kappa shape index (κ3) is 5.31. The minimum Gasteiger partial charge on any atom is -0.211 e. The molecule has 13 heavy (non-hydrogen) atoms. The number of isocyanates is 2. The summed E-state index contributed by atoms with van der Waals surface area (Å²) >= 11 is 5.72. The summed E-state index contributed by atoms with van der Waals surface area (Å²) in [5.74, 6) is 0. The summed E-state index contributed by atoms with van der Waals surface area (Å²) in [6.45, 7) is 2.03. The van der Waals surface area contributed by atoms with Crippen LogP contribution in [0.15, 0.2) is 9.98 Å². The van der Waals surface area contributed by atoms with Gasteiger partial charge in [0.1, 0.15) is 0 Å². The van der Waals surface area contributed by atoms with E-state index in [-0.39, 0.29) is 0 Å². The van der Waals surface area contributed by atoms with Crippen LogP contribution in [0.5, 0.6) is 0 Å². The van der Waals surface area contributed by atoms with E-state index in [0.717, 1.165) is 19.3 Å². The van der Waals surface area contributed by atoms with E-state index in [1.54, 1.807) is 0 Å². The zero-order valence-electron chi connectivity index (χ0n) is 7.42. The fourth-order valence-electron chi connectivity index (χ4n) is 0.877. The molecule has 0 fully saturated rings. The van der Waals surface area contributed by atoms with Crippen LogP contribution in [0.4, 0.5) is 0 Å². The second kappa shape index (κ2) is 6.55. The van der Waals surface area contributed by atoms with Gasteiger partial charge in [-0.3, -0.25) is 0 Å². The highest BCUT2D eigenvalue weighted by Crippen LogP contribution is 2.25. The van der Waals surface area contributed by atoms with Crippen molar-refractivity contribution in [2.45, 2.75) is 37.7 Å². The van der Waals surface area contributed by atoms with E-state index in [1.165, 1.54) is 12.2 Å². The van der Waals surface area contributed by atoms with Crippen LogP contribution in [0.25, 0.3) is 0 Å². The van der Waals surface area contributed by atoms with Gasteiger partial charge in [0.25, 0.3) is 0 Å². The van der Waals surface area contributed by atoms with Crippen LogP contribution in [0, 0.1) is 0 Å². The fourth-order valence-corrected chi connectivity index (χ4v) is 1.08. The van der Waals surface area contributed by atoms with Crippen LogP contribution in [-0.2, 0) is 9.59 Å². The summed E-state index contributed by atoms with van der Waals surface area (Å²) in [7, 11) is 0. The molecule has 0 saturated heterocycles. The van der Waals surface area contributed by atoms with Crippen molar-refractivity contribution < 1.29 is 9.59 Å². The number of halogens is 1. The lowest BCUT2D eigenvalue weighted by Crippen LogP contribution is -2.14. The van der Waals surface area contributed by atoms with Gasteiger partial charge in [-0.2, -0.15) is 9.98 Å². The highest BCUT2D eigenvalue weighted by atomic mass is 35.5. The molecule has 0 heterocycles. The summed E-state index contributed by atoms with van der Waals surface area (Å²) in [4.78, 5) is 26.4. The molecule has 0 bridgehead atoms. The smallest absolute Gasteiger partial charge is 0.211 e. The van der Waals surface area contributed by atoms with Crippen LogP contribution in [0.1, 0.15) is 32.6 Å². The average molecular weight is 203 g/mol. The Bertz CT molecular complexity index is 225. The summed E-state index contributed by atoms with van der Waals surface area (Å²) in [6.07, 6.45) is 5.67. The van der Waals surface area contributed by atoms with Gasteiger partial charge in [-0.25, -0.2) is 9.59 Å². The number of aliphatic imine (C=N–C) groups is 2. The van der Waals surface area contributed by atoms with Crippen molar-refractivity contribution in [1.82, 2.24) is 0 Å². The molecule has 5 heteroatoms. The van der Waals surface area contributed by atoms with Crippen molar-refractivity contribution in [3.63, 3.8) is 0 Å². The molecule has 0 amide bonds. The summed E-state index contributed by atoms with van der Waals surface area (Å²) < 4.78 is 0. The van der Waals surface area contributed by atoms with Gasteiger partial charge >= 0.3 is 0 Å². The molecular formula is C8H11ClN2O2. The van der Waals surface area contributed by atoms with Gasteiger partial charge in [-0.1, -0.05) is 31.4 Å². The number of hydrogen-bond donors (Lipinski definition) is 0. The van der Waals surface area contributed by atoms with Crippen LogP contribution in [0.2, 0.25) is 0 Å². The zero-order chi connectivity index (χ0) is 10.2. The third-order valence-corrected chi connectivity index (χ3v) is 1.89. The molecule has 0 aliphatic carbocycles. The van der Waals surface area contributed by atoms with Crippen LogP contribution in [-0.4, -0.2) is 17.3 Å². The molecule has 0 unspecified atom stereocenters. The molecular weight excluding hydrogens is 192 g/mol. The van der Waals surface area contributed by atoms with Crippen molar-refractivity contribution in [1.29, 1.82) is 0 Å². The largest absolute Gasteiger partial charge is 0.248 e. The first-order valence-corrected chi connectivity index (χ1v) is 4.43. The normalized spacial score (nSPS) is 13.7. The molecule has 0 atom stereocenters. The Morgan fingerprint density at radius 2 is 1.77 bits per heavy atom. The minimum atomic E-state index is -1.47. The van der Waals surface area contributed by atoms with Gasteiger partial charge in [0.15, 0.2) is 0 Å². The molecule has 0 spiro atoms. The maximum Gasteiger partial charge on any atom is 0.248 e. The van der Waals surface area contributed by atoms with Gasteiger partial charge in [0.2, 0.25) is 17.3 Å². The van der Waals surface area contributed by atoms with Crippen molar-refractivity contribution >= 4 is 23.8 Å². The second-order valence-corrected chi connectivity index (χ2v) is 3.19. The Labute approximate surface area is 81.7 Å². The maximum atomic E-state index is 9.96. The minimum absolute atomic E-state index is 0.354. The number of unbranched alkanes of at least 4 members (excludes halogenated alkanes) is 2. The summed E-state index contributed by atoms with van der Waals surface area (Å²) in [5, 5.41) is -1.47. The Morgan fingerprint density at radius 1 is 1.23 bits per heavy atom. The Morgan fingerprint density at radius 3 is 2.15 bits per heavy atom. The lowest BCUT2D eigenvalue weighted by molar-refractivity contribution is 0.503. The molecule has 72 valence electrons. The first-order chi connectivity index (χ1) is 6.18. The topological polar surface area (TPSA) is 58.9 Å². The molecule has 0 N–H and O–H groups in total. The molecule has 0 radical (unpaired) electrons. The highest BCUT2D eigenvalue weighted by molar-refractivity contribution is 6.24. The zero-order valence-corrected chi connectivity index (χ0v) is 8.17. The van der Waals surface area contributed by atoms with Crippen LogP contribution in [0.3, 0.4) is 0 Å². The first kappa shape index (κ1) is 12.0. The predicted molar refractivity (Wildman–Crippen MR) is 49.0 cm³/mol. The molecule has 0 rings (SSSR count). The van der Waals surface area contributed by atoms with E-state index in [2.05, 4.69) is 9.98 Å². The number of rotatable bonds is 6. The lowest BCUT2D eigenvalue weighted by Gasteiger charge is -2.12. The van der Waals surface area contributed by atoms with Gasteiger partial charge in [0.05, 0.1) is 0 Å². The Balaban J connectivity index is 4.23. The van der Waals surface area contributed by atoms with E-state index < -0.39 is 5.12 Å². The van der Waals surface area contributed by atoms with E-state index in [0.29, 0.717) is 6.42 Å². The SMILES string of the molecule is CCCCCC(Cl)(N=C=O)N=C=O. The lowest BCUT2D eigenvalue weighted by atomic mass is 10.2. The molecule has 0 aromatic heterocycles. The molecule has 0 aliphatic heterocycles. The van der Waals surface area contributed by atoms with E-state index in [9.17, 15) is 9.59 Å². The molecule has 0 saturated carbocycles. The summed E-state index contributed by atoms with van der Waals surface area (Å²) in [5.41, 5.74) is 0. The summed E-state index contributed by atoms with van der Waals surface area (Å²) in [6, 6.07) is 0. The standard InChI is InChI=1S/C8H11ClN2O2/c1-2-3-4-5-8(9,10-6-12)11-7-13/h2-5H2,1H3. The maximum absolute atomic E-state index is 9.96.